The Hall–Kier alpha value is -2.02. The fourth-order valence-corrected chi connectivity index (χ4v) is 2.16. The average Bonchev–Trinajstić information content (AvgIpc) is 2.85. The number of hydrogen-bond acceptors (Lipinski definition) is 2. The lowest BCUT2D eigenvalue weighted by molar-refractivity contribution is -0.138. The topological polar surface area (TPSA) is 46.9 Å². The first-order chi connectivity index (χ1) is 10.3. The van der Waals surface area contributed by atoms with Gasteiger partial charge in [-0.1, -0.05) is 29.8 Å². The van der Waals surface area contributed by atoms with Crippen LogP contribution >= 0.6 is 11.6 Å². The molecule has 0 radical (unpaired) electrons. The van der Waals surface area contributed by atoms with Gasteiger partial charge in [0.2, 0.25) is 0 Å². The first-order valence-corrected chi connectivity index (χ1v) is 6.87. The van der Waals surface area contributed by atoms with E-state index in [0.717, 1.165) is 6.07 Å². The summed E-state index contributed by atoms with van der Waals surface area (Å²) in [5.41, 5.74) is -0.803. The molecule has 0 unspecified atom stereocenters. The molecule has 4 nitrogen and oxygen atoms in total. The lowest BCUT2D eigenvalue weighted by Crippen LogP contribution is -2.25. The summed E-state index contributed by atoms with van der Waals surface area (Å²) in [4.78, 5) is 12.0. The number of alkyl halides is 3. The van der Waals surface area contributed by atoms with E-state index in [1.54, 1.807) is 0 Å². The van der Waals surface area contributed by atoms with Crippen molar-refractivity contribution < 1.29 is 18.0 Å². The molecule has 2 rings (SSSR count). The highest BCUT2D eigenvalue weighted by molar-refractivity contribution is 6.33. The van der Waals surface area contributed by atoms with Crippen LogP contribution in [0.5, 0.6) is 0 Å². The summed E-state index contributed by atoms with van der Waals surface area (Å²) in [6, 6.07) is 5.07. The Labute approximate surface area is 129 Å². The first-order valence-electron chi connectivity index (χ1n) is 6.49. The third kappa shape index (κ3) is 3.59. The second kappa shape index (κ2) is 6.39. The lowest BCUT2D eigenvalue weighted by atomic mass is 10.1. The molecule has 0 saturated carbocycles. The quantitative estimate of drug-likeness (QED) is 0.932. The molecule has 1 heterocycles. The van der Waals surface area contributed by atoms with Gasteiger partial charge in [-0.3, -0.25) is 9.48 Å². The van der Waals surface area contributed by atoms with E-state index in [2.05, 4.69) is 10.4 Å². The molecule has 0 atom stereocenters. The number of amides is 1. The van der Waals surface area contributed by atoms with Crippen LogP contribution in [0, 0.1) is 0 Å². The van der Waals surface area contributed by atoms with Crippen LogP contribution in [0.4, 0.5) is 13.2 Å². The maximum Gasteiger partial charge on any atom is 0.416 e. The van der Waals surface area contributed by atoms with Crippen LogP contribution in [0.3, 0.4) is 0 Å². The molecule has 0 aliphatic carbocycles. The summed E-state index contributed by atoms with van der Waals surface area (Å²) in [6.07, 6.45) is -2.98. The number of halogens is 4. The highest BCUT2D eigenvalue weighted by atomic mass is 35.5. The van der Waals surface area contributed by atoms with Crippen LogP contribution in [-0.4, -0.2) is 15.7 Å². The molecule has 0 aliphatic heterocycles. The predicted molar refractivity (Wildman–Crippen MR) is 75.5 cm³/mol. The van der Waals surface area contributed by atoms with E-state index in [1.165, 1.54) is 29.1 Å². The second-order valence-electron chi connectivity index (χ2n) is 4.52. The Balaban J connectivity index is 2.13. The molecule has 0 saturated heterocycles. The zero-order valence-electron chi connectivity index (χ0n) is 11.6. The molecule has 0 spiro atoms. The number of aromatic nitrogens is 2. The van der Waals surface area contributed by atoms with Gasteiger partial charge in [-0.2, -0.15) is 18.3 Å². The summed E-state index contributed by atoms with van der Waals surface area (Å²) in [5.74, 6) is -0.617. The summed E-state index contributed by atoms with van der Waals surface area (Å²) in [7, 11) is 0. The molecule has 1 amide bonds. The van der Waals surface area contributed by atoms with Crippen LogP contribution in [0.15, 0.2) is 30.5 Å². The monoisotopic (exact) mass is 331 g/mol. The highest BCUT2D eigenvalue weighted by Crippen LogP contribution is 2.31. The summed E-state index contributed by atoms with van der Waals surface area (Å²) < 4.78 is 40.1. The lowest BCUT2D eigenvalue weighted by Gasteiger charge is -2.12. The Morgan fingerprint density at radius 2 is 2.05 bits per heavy atom. The maximum absolute atomic E-state index is 12.9. The van der Waals surface area contributed by atoms with Crippen LogP contribution in [0.1, 0.15) is 28.5 Å². The Morgan fingerprint density at radius 3 is 2.64 bits per heavy atom. The van der Waals surface area contributed by atoms with Crippen molar-refractivity contribution in [1.29, 1.82) is 0 Å². The SMILES string of the molecule is CCn1cc(Cl)c(C(=O)NCc2ccccc2C(F)(F)F)n1. The molecule has 1 N–H and O–H groups in total. The molecular formula is C14H13ClF3N3O. The van der Waals surface area contributed by atoms with Gasteiger partial charge < -0.3 is 5.32 Å². The third-order valence-electron chi connectivity index (χ3n) is 3.02. The van der Waals surface area contributed by atoms with Gasteiger partial charge in [-0.25, -0.2) is 0 Å². The molecule has 1 aromatic carbocycles. The molecule has 118 valence electrons. The van der Waals surface area contributed by atoms with Gasteiger partial charge in [0.1, 0.15) is 0 Å². The van der Waals surface area contributed by atoms with Crippen molar-refractivity contribution in [2.24, 2.45) is 0 Å². The van der Waals surface area contributed by atoms with E-state index < -0.39 is 17.6 Å². The smallest absolute Gasteiger partial charge is 0.347 e. The van der Waals surface area contributed by atoms with Crippen molar-refractivity contribution in [3.63, 3.8) is 0 Å². The number of aryl methyl sites for hydroxylation is 1. The van der Waals surface area contributed by atoms with Crippen molar-refractivity contribution in [3.05, 3.63) is 52.3 Å². The summed E-state index contributed by atoms with van der Waals surface area (Å²) in [6.45, 7) is 2.10. The van der Waals surface area contributed by atoms with Gasteiger partial charge in [0.25, 0.3) is 5.91 Å². The number of nitrogens with zero attached hydrogens (tertiary/aromatic N) is 2. The Bertz CT molecular complexity index is 682. The van der Waals surface area contributed by atoms with Crippen molar-refractivity contribution in [3.8, 4) is 0 Å². The first kappa shape index (κ1) is 16.4. The second-order valence-corrected chi connectivity index (χ2v) is 4.93. The highest BCUT2D eigenvalue weighted by Gasteiger charge is 2.32. The van der Waals surface area contributed by atoms with Crippen molar-refractivity contribution >= 4 is 17.5 Å². The minimum absolute atomic E-state index is 0.00648. The molecule has 2 aromatic rings. The molecule has 0 bridgehead atoms. The van der Waals surface area contributed by atoms with E-state index in [9.17, 15) is 18.0 Å². The normalized spacial score (nSPS) is 11.5. The van der Waals surface area contributed by atoms with E-state index >= 15 is 0 Å². The minimum atomic E-state index is -4.47. The fraction of sp³-hybridized carbons (Fsp3) is 0.286. The van der Waals surface area contributed by atoms with E-state index in [4.69, 9.17) is 11.6 Å². The number of nitrogens with one attached hydrogen (secondary N) is 1. The largest absolute Gasteiger partial charge is 0.416 e. The minimum Gasteiger partial charge on any atom is -0.347 e. The van der Waals surface area contributed by atoms with E-state index in [-0.39, 0.29) is 22.8 Å². The maximum atomic E-state index is 12.9. The third-order valence-corrected chi connectivity index (χ3v) is 3.29. The number of benzene rings is 1. The number of carbonyl (C=O) groups is 1. The number of rotatable bonds is 4. The summed E-state index contributed by atoms with van der Waals surface area (Å²) in [5, 5.41) is 6.52. The van der Waals surface area contributed by atoms with Crippen LogP contribution in [0.25, 0.3) is 0 Å². The number of hydrogen-bond donors (Lipinski definition) is 1. The van der Waals surface area contributed by atoms with Gasteiger partial charge in [-0.05, 0) is 18.6 Å². The standard InChI is InChI=1S/C14H13ClF3N3O/c1-2-21-8-11(15)12(20-21)13(22)19-7-9-5-3-4-6-10(9)14(16,17)18/h3-6,8H,2,7H2,1H3,(H,19,22). The van der Waals surface area contributed by atoms with Crippen molar-refractivity contribution in [2.75, 3.05) is 0 Å². The molecule has 1 aromatic heterocycles. The van der Waals surface area contributed by atoms with Crippen LogP contribution in [-0.2, 0) is 19.3 Å². The molecule has 0 fully saturated rings. The van der Waals surface area contributed by atoms with Gasteiger partial charge in [-0.15, -0.1) is 0 Å². The van der Waals surface area contributed by atoms with Gasteiger partial charge in [0.15, 0.2) is 5.69 Å². The zero-order chi connectivity index (χ0) is 16.3. The van der Waals surface area contributed by atoms with E-state index in [0.29, 0.717) is 6.54 Å². The molecule has 22 heavy (non-hydrogen) atoms. The van der Waals surface area contributed by atoms with Gasteiger partial charge in [0, 0.05) is 19.3 Å². The van der Waals surface area contributed by atoms with Crippen LogP contribution < -0.4 is 5.32 Å². The van der Waals surface area contributed by atoms with Gasteiger partial charge >= 0.3 is 6.18 Å². The van der Waals surface area contributed by atoms with E-state index in [1.807, 2.05) is 6.92 Å². The molecule has 0 aliphatic rings. The Morgan fingerprint density at radius 1 is 1.36 bits per heavy atom. The van der Waals surface area contributed by atoms with Crippen molar-refractivity contribution in [1.82, 2.24) is 15.1 Å². The van der Waals surface area contributed by atoms with Crippen molar-refractivity contribution in [2.45, 2.75) is 26.2 Å². The van der Waals surface area contributed by atoms with Gasteiger partial charge in [0.05, 0.1) is 10.6 Å². The number of carbonyl (C=O) groups excluding carboxylic acids is 1. The summed E-state index contributed by atoms with van der Waals surface area (Å²) >= 11 is 5.88. The Kier molecular flexibility index (Phi) is 4.75. The predicted octanol–water partition coefficient (Wildman–Crippen LogP) is 3.51. The molecular weight excluding hydrogens is 319 g/mol. The molecule has 8 heteroatoms. The zero-order valence-corrected chi connectivity index (χ0v) is 12.4. The fourth-order valence-electron chi connectivity index (χ4n) is 1.92. The van der Waals surface area contributed by atoms with Crippen LogP contribution in [0.2, 0.25) is 5.02 Å². The average molecular weight is 332 g/mol.